The van der Waals surface area contributed by atoms with Gasteiger partial charge in [-0.3, -0.25) is 4.79 Å². The Bertz CT molecular complexity index is 784. The highest BCUT2D eigenvalue weighted by atomic mass is 16.5. The number of benzene rings is 2. The highest BCUT2D eigenvalue weighted by Crippen LogP contribution is 2.28. The molecule has 0 unspecified atom stereocenters. The largest absolute Gasteiger partial charge is 0.496 e. The second-order valence-corrected chi connectivity index (χ2v) is 4.43. The van der Waals surface area contributed by atoms with Crippen LogP contribution in [0.1, 0.15) is 10.7 Å². The van der Waals surface area contributed by atoms with Crippen molar-refractivity contribution in [1.29, 1.82) is 0 Å². The van der Waals surface area contributed by atoms with Crippen LogP contribution in [0.5, 0.6) is 5.75 Å². The van der Waals surface area contributed by atoms with Crippen LogP contribution < -0.4 is 10.1 Å². The second-order valence-electron chi connectivity index (χ2n) is 4.43. The number of nitrogens with zero attached hydrogens (tertiary/aromatic N) is 2. The molecule has 0 bridgehead atoms. The molecule has 3 aromatic rings. The van der Waals surface area contributed by atoms with E-state index in [-0.39, 0.29) is 11.8 Å². The van der Waals surface area contributed by atoms with Crippen molar-refractivity contribution in [1.82, 2.24) is 10.2 Å². The molecule has 0 saturated heterocycles. The lowest BCUT2D eigenvalue weighted by atomic mass is 10.2. The highest BCUT2D eigenvalue weighted by molar-refractivity contribution is 6.00. The molecule has 1 heterocycles. The number of aromatic nitrogens is 2. The SMILES string of the molecule is COc1ccccc1-c1nnc(C(=O)Nc2ccccc2)o1. The maximum atomic E-state index is 12.1. The van der Waals surface area contributed by atoms with E-state index < -0.39 is 5.91 Å². The summed E-state index contributed by atoms with van der Waals surface area (Å²) in [7, 11) is 1.55. The van der Waals surface area contributed by atoms with Gasteiger partial charge in [0.2, 0.25) is 0 Å². The molecule has 1 amide bonds. The molecule has 2 aromatic carbocycles. The minimum absolute atomic E-state index is 0.107. The van der Waals surface area contributed by atoms with Crippen LogP contribution in [0.2, 0.25) is 0 Å². The van der Waals surface area contributed by atoms with Gasteiger partial charge in [-0.25, -0.2) is 0 Å². The molecule has 6 nitrogen and oxygen atoms in total. The summed E-state index contributed by atoms with van der Waals surface area (Å²) < 4.78 is 10.7. The van der Waals surface area contributed by atoms with E-state index in [1.807, 2.05) is 30.3 Å². The first kappa shape index (κ1) is 13.8. The molecule has 0 fully saturated rings. The molecule has 110 valence electrons. The first-order valence-corrected chi connectivity index (χ1v) is 6.61. The van der Waals surface area contributed by atoms with Gasteiger partial charge < -0.3 is 14.5 Å². The first-order chi connectivity index (χ1) is 10.8. The van der Waals surface area contributed by atoms with Gasteiger partial charge in [0, 0.05) is 5.69 Å². The maximum absolute atomic E-state index is 12.1. The van der Waals surface area contributed by atoms with Crippen LogP contribution in [0, 0.1) is 0 Å². The fourth-order valence-corrected chi connectivity index (χ4v) is 1.95. The fourth-order valence-electron chi connectivity index (χ4n) is 1.95. The Labute approximate surface area is 126 Å². The molecule has 22 heavy (non-hydrogen) atoms. The van der Waals surface area contributed by atoms with E-state index in [0.29, 0.717) is 17.0 Å². The van der Waals surface area contributed by atoms with Crippen LogP contribution in [0.4, 0.5) is 5.69 Å². The second kappa shape index (κ2) is 6.09. The molecule has 0 aliphatic carbocycles. The summed E-state index contributed by atoms with van der Waals surface area (Å²) in [4.78, 5) is 12.1. The number of ether oxygens (including phenoxy) is 1. The van der Waals surface area contributed by atoms with Crippen molar-refractivity contribution in [2.45, 2.75) is 0 Å². The lowest BCUT2D eigenvalue weighted by molar-refractivity contribution is 0.0991. The maximum Gasteiger partial charge on any atom is 0.313 e. The number of para-hydroxylation sites is 2. The van der Waals surface area contributed by atoms with Crippen LogP contribution in [0.15, 0.2) is 59.0 Å². The summed E-state index contributed by atoms with van der Waals surface area (Å²) in [6.45, 7) is 0. The summed E-state index contributed by atoms with van der Waals surface area (Å²) in [5.41, 5.74) is 1.29. The Balaban J connectivity index is 1.83. The van der Waals surface area contributed by atoms with E-state index in [1.54, 1.807) is 31.4 Å². The number of hydrogen-bond acceptors (Lipinski definition) is 5. The van der Waals surface area contributed by atoms with E-state index in [2.05, 4.69) is 15.5 Å². The van der Waals surface area contributed by atoms with Crippen molar-refractivity contribution in [2.24, 2.45) is 0 Å². The molecule has 0 atom stereocenters. The van der Waals surface area contributed by atoms with E-state index in [0.717, 1.165) is 0 Å². The topological polar surface area (TPSA) is 77.2 Å². The van der Waals surface area contributed by atoms with Crippen LogP contribution in [-0.4, -0.2) is 23.2 Å². The summed E-state index contributed by atoms with van der Waals surface area (Å²) in [6, 6.07) is 16.3. The molecular formula is C16H13N3O3. The third-order valence-electron chi connectivity index (χ3n) is 2.99. The van der Waals surface area contributed by atoms with Gasteiger partial charge in [-0.05, 0) is 24.3 Å². The van der Waals surface area contributed by atoms with Crippen molar-refractivity contribution >= 4 is 11.6 Å². The Morgan fingerprint density at radius 1 is 1.05 bits per heavy atom. The number of methoxy groups -OCH3 is 1. The van der Waals surface area contributed by atoms with Crippen LogP contribution in [-0.2, 0) is 0 Å². The summed E-state index contributed by atoms with van der Waals surface area (Å²) >= 11 is 0. The predicted octanol–water partition coefficient (Wildman–Crippen LogP) is 3.00. The number of nitrogens with one attached hydrogen (secondary N) is 1. The van der Waals surface area contributed by atoms with Crippen molar-refractivity contribution < 1.29 is 13.9 Å². The van der Waals surface area contributed by atoms with Gasteiger partial charge >= 0.3 is 11.8 Å². The zero-order chi connectivity index (χ0) is 15.4. The third-order valence-corrected chi connectivity index (χ3v) is 2.99. The number of carbonyl (C=O) groups excluding carboxylic acids is 1. The van der Waals surface area contributed by atoms with Gasteiger partial charge in [0.15, 0.2) is 0 Å². The van der Waals surface area contributed by atoms with E-state index in [1.165, 1.54) is 0 Å². The molecule has 6 heteroatoms. The molecule has 0 radical (unpaired) electrons. The van der Waals surface area contributed by atoms with Crippen molar-refractivity contribution in [3.8, 4) is 17.2 Å². The average Bonchev–Trinajstić information content (AvgIpc) is 3.05. The number of hydrogen-bond donors (Lipinski definition) is 1. The molecule has 0 aliphatic rings. The van der Waals surface area contributed by atoms with E-state index >= 15 is 0 Å². The third kappa shape index (κ3) is 2.80. The molecule has 1 aromatic heterocycles. The van der Waals surface area contributed by atoms with Gasteiger partial charge in [-0.2, -0.15) is 0 Å². The molecular weight excluding hydrogens is 282 g/mol. The highest BCUT2D eigenvalue weighted by Gasteiger charge is 2.18. The average molecular weight is 295 g/mol. The van der Waals surface area contributed by atoms with Gasteiger partial charge in [-0.1, -0.05) is 30.3 Å². The van der Waals surface area contributed by atoms with Crippen LogP contribution in [0.3, 0.4) is 0 Å². The smallest absolute Gasteiger partial charge is 0.313 e. The van der Waals surface area contributed by atoms with E-state index in [4.69, 9.17) is 9.15 Å². The zero-order valence-corrected chi connectivity index (χ0v) is 11.8. The van der Waals surface area contributed by atoms with Gasteiger partial charge in [-0.15, -0.1) is 10.2 Å². The number of amides is 1. The van der Waals surface area contributed by atoms with Gasteiger partial charge in [0.1, 0.15) is 5.75 Å². The Morgan fingerprint density at radius 2 is 1.77 bits per heavy atom. The van der Waals surface area contributed by atoms with E-state index in [9.17, 15) is 4.79 Å². The first-order valence-electron chi connectivity index (χ1n) is 6.61. The molecule has 0 saturated carbocycles. The monoisotopic (exact) mass is 295 g/mol. The summed E-state index contributed by atoms with van der Waals surface area (Å²) in [5.74, 6) is 0.265. The lowest BCUT2D eigenvalue weighted by Gasteiger charge is -2.03. The molecule has 1 N–H and O–H groups in total. The van der Waals surface area contributed by atoms with Gasteiger partial charge in [0.05, 0.1) is 12.7 Å². The normalized spacial score (nSPS) is 10.2. The van der Waals surface area contributed by atoms with Crippen molar-refractivity contribution in [2.75, 3.05) is 12.4 Å². The lowest BCUT2D eigenvalue weighted by Crippen LogP contribution is -2.12. The Hall–Kier alpha value is -3.15. The molecule has 0 aliphatic heterocycles. The Kier molecular flexibility index (Phi) is 3.82. The number of carbonyl (C=O) groups is 1. The summed E-state index contributed by atoms with van der Waals surface area (Å²) in [6.07, 6.45) is 0. The van der Waals surface area contributed by atoms with Crippen molar-refractivity contribution in [3.05, 3.63) is 60.5 Å². The van der Waals surface area contributed by atoms with Crippen LogP contribution >= 0.6 is 0 Å². The van der Waals surface area contributed by atoms with Crippen molar-refractivity contribution in [3.63, 3.8) is 0 Å². The Morgan fingerprint density at radius 3 is 2.55 bits per heavy atom. The fraction of sp³-hybridized carbons (Fsp3) is 0.0625. The van der Waals surface area contributed by atoms with Gasteiger partial charge in [0.25, 0.3) is 5.89 Å². The minimum Gasteiger partial charge on any atom is -0.496 e. The standard InChI is InChI=1S/C16H13N3O3/c1-21-13-10-6-5-9-12(13)15-18-19-16(22-15)14(20)17-11-7-3-2-4-8-11/h2-10H,1H3,(H,17,20). The van der Waals surface area contributed by atoms with Crippen LogP contribution in [0.25, 0.3) is 11.5 Å². The minimum atomic E-state index is -0.458. The summed E-state index contributed by atoms with van der Waals surface area (Å²) in [5, 5.41) is 10.4. The predicted molar refractivity (Wildman–Crippen MR) is 80.7 cm³/mol. The molecule has 3 rings (SSSR count). The zero-order valence-electron chi connectivity index (χ0n) is 11.8. The quantitative estimate of drug-likeness (QED) is 0.800. The number of rotatable bonds is 4. The molecule has 0 spiro atoms. The number of anilines is 1.